The van der Waals surface area contributed by atoms with Crippen molar-refractivity contribution in [2.75, 3.05) is 0 Å². The summed E-state index contributed by atoms with van der Waals surface area (Å²) in [5.41, 5.74) is 4.72. The molecule has 0 spiro atoms. The lowest BCUT2D eigenvalue weighted by Crippen LogP contribution is -2.36. The number of hydrogen-bond acceptors (Lipinski definition) is 1. The molecule has 0 heterocycles. The highest BCUT2D eigenvalue weighted by molar-refractivity contribution is 5.36. The molecule has 3 aliphatic carbocycles. The van der Waals surface area contributed by atoms with Crippen LogP contribution in [-0.2, 0) is 0 Å². The molecule has 0 radical (unpaired) electrons. The molecule has 3 aliphatic rings. The molecule has 5 atom stereocenters. The Morgan fingerprint density at radius 1 is 1.11 bits per heavy atom. The van der Waals surface area contributed by atoms with Gasteiger partial charge in [-0.15, -0.1) is 0 Å². The SMILES string of the molecule is C=C1CC[C@@H](O)CC1=CC=C1CCC[C@@]2(C)[C@H]1CC[C@H]2[C@H](C)CCCC(C)C. The smallest absolute Gasteiger partial charge is 0.0583 e. The molecule has 0 saturated heterocycles. The average Bonchev–Trinajstić information content (AvgIpc) is 2.99. The average molecular weight is 385 g/mol. The van der Waals surface area contributed by atoms with Crippen molar-refractivity contribution in [1.29, 1.82) is 0 Å². The molecule has 1 N–H and O–H groups in total. The van der Waals surface area contributed by atoms with Gasteiger partial charge in [0, 0.05) is 0 Å². The van der Waals surface area contributed by atoms with Crippen LogP contribution < -0.4 is 0 Å². The van der Waals surface area contributed by atoms with Crippen molar-refractivity contribution in [3.8, 4) is 0 Å². The first kappa shape index (κ1) is 21.9. The molecule has 0 aromatic heterocycles. The molecule has 0 bridgehead atoms. The zero-order chi connectivity index (χ0) is 20.3. The summed E-state index contributed by atoms with van der Waals surface area (Å²) in [5, 5.41) is 10.0. The highest BCUT2D eigenvalue weighted by Crippen LogP contribution is 2.59. The van der Waals surface area contributed by atoms with E-state index in [0.29, 0.717) is 5.41 Å². The van der Waals surface area contributed by atoms with Crippen LogP contribution in [-0.4, -0.2) is 11.2 Å². The Morgan fingerprint density at radius 2 is 1.89 bits per heavy atom. The van der Waals surface area contributed by atoms with Gasteiger partial charge >= 0.3 is 0 Å². The molecule has 0 aromatic carbocycles. The standard InChI is InChI=1S/C27H44O/c1-19(2)8-6-9-21(4)25-15-16-26-22(10-7-17-27(25,26)5)12-13-23-18-24(28)14-11-20(23)3/h12-13,19,21,24-26,28H,3,6-11,14-18H2,1-2,4-5H3/t21-,24-,25+,26+,27-/m1/s1. The van der Waals surface area contributed by atoms with Crippen LogP contribution in [0.25, 0.3) is 0 Å². The summed E-state index contributed by atoms with van der Waals surface area (Å²) in [5.74, 6) is 3.37. The molecule has 0 unspecified atom stereocenters. The summed E-state index contributed by atoms with van der Waals surface area (Å²) in [4.78, 5) is 0. The van der Waals surface area contributed by atoms with Crippen LogP contribution in [0.1, 0.15) is 98.3 Å². The molecular weight excluding hydrogens is 340 g/mol. The van der Waals surface area contributed by atoms with Crippen LogP contribution in [0, 0.1) is 29.1 Å². The molecule has 1 nitrogen and oxygen atoms in total. The lowest BCUT2D eigenvalue weighted by molar-refractivity contribution is 0.0929. The third kappa shape index (κ3) is 4.84. The van der Waals surface area contributed by atoms with Crippen LogP contribution in [0.2, 0.25) is 0 Å². The minimum atomic E-state index is -0.172. The fourth-order valence-corrected chi connectivity index (χ4v) is 6.66. The first-order chi connectivity index (χ1) is 13.3. The Balaban J connectivity index is 1.70. The van der Waals surface area contributed by atoms with Gasteiger partial charge < -0.3 is 5.11 Å². The first-order valence-electron chi connectivity index (χ1n) is 12.1. The number of allylic oxidation sites excluding steroid dienone is 4. The van der Waals surface area contributed by atoms with Gasteiger partial charge in [-0.05, 0) is 86.0 Å². The van der Waals surface area contributed by atoms with E-state index < -0.39 is 0 Å². The summed E-state index contributed by atoms with van der Waals surface area (Å²) in [6, 6.07) is 0. The topological polar surface area (TPSA) is 20.2 Å². The highest BCUT2D eigenvalue weighted by atomic mass is 16.3. The second-order valence-corrected chi connectivity index (χ2v) is 10.8. The van der Waals surface area contributed by atoms with E-state index in [-0.39, 0.29) is 6.10 Å². The second-order valence-electron chi connectivity index (χ2n) is 10.8. The Morgan fingerprint density at radius 3 is 2.64 bits per heavy atom. The van der Waals surface area contributed by atoms with Crippen molar-refractivity contribution >= 4 is 0 Å². The van der Waals surface area contributed by atoms with E-state index >= 15 is 0 Å². The van der Waals surface area contributed by atoms with Gasteiger partial charge in [0.1, 0.15) is 0 Å². The number of aliphatic hydroxyl groups excluding tert-OH is 1. The summed E-state index contributed by atoms with van der Waals surface area (Å²) < 4.78 is 0. The highest BCUT2D eigenvalue weighted by Gasteiger charge is 2.50. The van der Waals surface area contributed by atoms with E-state index in [9.17, 15) is 5.11 Å². The molecule has 0 amide bonds. The van der Waals surface area contributed by atoms with Crippen LogP contribution in [0.15, 0.2) is 35.5 Å². The zero-order valence-electron chi connectivity index (χ0n) is 19.0. The minimum absolute atomic E-state index is 0.172. The molecule has 3 saturated carbocycles. The Kier molecular flexibility index (Phi) is 7.29. The molecule has 0 aliphatic heterocycles. The second kappa shape index (κ2) is 9.33. The van der Waals surface area contributed by atoms with Crippen LogP contribution in [0.3, 0.4) is 0 Å². The molecular formula is C27H44O. The maximum Gasteiger partial charge on any atom is 0.0583 e. The zero-order valence-corrected chi connectivity index (χ0v) is 19.0. The predicted octanol–water partition coefficient (Wildman–Crippen LogP) is 7.62. The van der Waals surface area contributed by atoms with E-state index in [1.165, 1.54) is 62.5 Å². The molecule has 1 heteroatoms. The third-order valence-electron chi connectivity index (χ3n) is 8.35. The quantitative estimate of drug-likeness (QED) is 0.499. The van der Waals surface area contributed by atoms with Crippen LogP contribution in [0.5, 0.6) is 0 Å². The maximum atomic E-state index is 10.0. The van der Waals surface area contributed by atoms with Crippen LogP contribution in [0.4, 0.5) is 0 Å². The summed E-state index contributed by atoms with van der Waals surface area (Å²) in [6.07, 6.45) is 18.2. The normalized spacial score (nSPS) is 37.6. The van der Waals surface area contributed by atoms with Gasteiger partial charge in [-0.1, -0.05) is 76.8 Å². The number of rotatable bonds is 6. The molecule has 3 fully saturated rings. The van der Waals surface area contributed by atoms with E-state index in [1.54, 1.807) is 5.57 Å². The summed E-state index contributed by atoms with van der Waals surface area (Å²) >= 11 is 0. The van der Waals surface area contributed by atoms with Gasteiger partial charge in [-0.2, -0.15) is 0 Å². The lowest BCUT2D eigenvalue weighted by atomic mass is 9.60. The molecule has 0 aromatic rings. The number of aliphatic hydroxyl groups is 1. The van der Waals surface area contributed by atoms with Crippen molar-refractivity contribution in [3.63, 3.8) is 0 Å². The first-order valence-corrected chi connectivity index (χ1v) is 12.1. The maximum absolute atomic E-state index is 10.0. The Bertz CT molecular complexity index is 610. The fourth-order valence-electron chi connectivity index (χ4n) is 6.66. The van der Waals surface area contributed by atoms with Gasteiger partial charge in [0.15, 0.2) is 0 Å². The molecule has 158 valence electrons. The van der Waals surface area contributed by atoms with Crippen molar-refractivity contribution in [2.45, 2.75) is 104 Å². The predicted molar refractivity (Wildman–Crippen MR) is 121 cm³/mol. The number of hydrogen-bond donors (Lipinski definition) is 1. The largest absolute Gasteiger partial charge is 0.393 e. The van der Waals surface area contributed by atoms with E-state index in [0.717, 1.165) is 42.9 Å². The Hall–Kier alpha value is -0.820. The fraction of sp³-hybridized carbons (Fsp3) is 0.778. The van der Waals surface area contributed by atoms with Gasteiger partial charge in [0.2, 0.25) is 0 Å². The van der Waals surface area contributed by atoms with Gasteiger partial charge in [0.05, 0.1) is 6.10 Å². The number of fused-ring (bicyclic) bond motifs is 1. The molecule has 3 rings (SSSR count). The van der Waals surface area contributed by atoms with Gasteiger partial charge in [0.25, 0.3) is 0 Å². The van der Waals surface area contributed by atoms with Crippen molar-refractivity contribution in [3.05, 3.63) is 35.5 Å². The van der Waals surface area contributed by atoms with Gasteiger partial charge in [-0.3, -0.25) is 0 Å². The van der Waals surface area contributed by atoms with E-state index in [1.807, 2.05) is 0 Å². The Labute approximate surface area is 174 Å². The summed E-state index contributed by atoms with van der Waals surface area (Å²) in [7, 11) is 0. The summed E-state index contributed by atoms with van der Waals surface area (Å²) in [6.45, 7) is 14.1. The lowest BCUT2D eigenvalue weighted by Gasteiger charge is -2.44. The van der Waals surface area contributed by atoms with Crippen molar-refractivity contribution in [2.24, 2.45) is 29.1 Å². The van der Waals surface area contributed by atoms with E-state index in [2.05, 4.69) is 46.4 Å². The van der Waals surface area contributed by atoms with Crippen LogP contribution >= 0.6 is 0 Å². The third-order valence-corrected chi connectivity index (χ3v) is 8.35. The minimum Gasteiger partial charge on any atom is -0.393 e. The van der Waals surface area contributed by atoms with Crippen molar-refractivity contribution < 1.29 is 5.11 Å². The van der Waals surface area contributed by atoms with Crippen molar-refractivity contribution in [1.82, 2.24) is 0 Å². The van der Waals surface area contributed by atoms with E-state index in [4.69, 9.17) is 0 Å². The monoisotopic (exact) mass is 384 g/mol. The molecule has 28 heavy (non-hydrogen) atoms. The van der Waals surface area contributed by atoms with Gasteiger partial charge in [-0.25, -0.2) is 0 Å².